The first-order valence-electron chi connectivity index (χ1n) is 9.28. The lowest BCUT2D eigenvalue weighted by molar-refractivity contribution is -0.132. The van der Waals surface area contributed by atoms with Crippen LogP contribution in [0.5, 0.6) is 0 Å². The standard InChI is InChI=1S/C16H30N4O4S.ClH/c1-13-11-20(12-14(2)24-13)25(22,23)19-8-6-18(7-9-19)16(21)10-15-4-3-5-17-15;/h13-15,17H,3-12H2,1-2H3;1H. The van der Waals surface area contributed by atoms with E-state index in [1.807, 2.05) is 13.8 Å². The van der Waals surface area contributed by atoms with Gasteiger partial charge in [0.2, 0.25) is 5.91 Å². The van der Waals surface area contributed by atoms with Gasteiger partial charge in [0, 0.05) is 51.7 Å². The molecule has 0 aromatic carbocycles. The Balaban J connectivity index is 0.00000243. The molecule has 0 aliphatic carbocycles. The lowest BCUT2D eigenvalue weighted by atomic mass is 10.1. The fourth-order valence-electron chi connectivity index (χ4n) is 3.92. The quantitative estimate of drug-likeness (QED) is 0.708. The molecule has 3 aliphatic heterocycles. The smallest absolute Gasteiger partial charge is 0.282 e. The lowest BCUT2D eigenvalue weighted by Crippen LogP contribution is -2.57. The number of nitrogens with one attached hydrogen (secondary N) is 1. The highest BCUT2D eigenvalue weighted by Gasteiger charge is 2.37. The second-order valence-electron chi connectivity index (χ2n) is 7.36. The number of morpholine rings is 1. The Morgan fingerprint density at radius 3 is 2.23 bits per heavy atom. The molecule has 3 fully saturated rings. The molecular weight excluding hydrogens is 380 g/mol. The molecule has 0 radical (unpaired) electrons. The van der Waals surface area contributed by atoms with Gasteiger partial charge in [-0.25, -0.2) is 0 Å². The van der Waals surface area contributed by atoms with Crippen LogP contribution in [0, 0.1) is 0 Å². The van der Waals surface area contributed by atoms with E-state index < -0.39 is 10.2 Å². The summed E-state index contributed by atoms with van der Waals surface area (Å²) < 4.78 is 34.4. The van der Waals surface area contributed by atoms with Crippen LogP contribution < -0.4 is 5.32 Å². The third-order valence-electron chi connectivity index (χ3n) is 5.21. The lowest BCUT2D eigenvalue weighted by Gasteiger charge is -2.40. The summed E-state index contributed by atoms with van der Waals surface area (Å²) in [7, 11) is -3.49. The number of nitrogens with zero attached hydrogens (tertiary/aromatic N) is 3. The molecule has 0 bridgehead atoms. The molecule has 3 unspecified atom stereocenters. The van der Waals surface area contributed by atoms with Crippen LogP contribution in [0.1, 0.15) is 33.1 Å². The van der Waals surface area contributed by atoms with Crippen molar-refractivity contribution in [1.29, 1.82) is 0 Å². The number of carbonyl (C=O) groups excluding carboxylic acids is 1. The summed E-state index contributed by atoms with van der Waals surface area (Å²) in [6.07, 6.45) is 2.50. The van der Waals surface area contributed by atoms with Crippen molar-refractivity contribution in [2.45, 2.75) is 51.4 Å². The number of halogens is 1. The summed E-state index contributed by atoms with van der Waals surface area (Å²) in [5.41, 5.74) is 0. The highest BCUT2D eigenvalue weighted by Crippen LogP contribution is 2.19. The SMILES string of the molecule is CC1CN(S(=O)(=O)N2CCN(C(=O)CC3CCCN3)CC2)CC(C)O1.Cl. The van der Waals surface area contributed by atoms with E-state index in [0.29, 0.717) is 45.7 Å². The van der Waals surface area contributed by atoms with Crippen molar-refractivity contribution in [3.05, 3.63) is 0 Å². The molecule has 152 valence electrons. The predicted molar refractivity (Wildman–Crippen MR) is 102 cm³/mol. The minimum atomic E-state index is -3.49. The second-order valence-corrected chi connectivity index (χ2v) is 9.29. The Bertz CT molecular complexity index is 567. The molecule has 3 saturated heterocycles. The number of carbonyl (C=O) groups is 1. The molecule has 3 atom stereocenters. The number of hydrogen-bond donors (Lipinski definition) is 1. The van der Waals surface area contributed by atoms with Gasteiger partial charge < -0.3 is 15.0 Å². The summed E-state index contributed by atoms with van der Waals surface area (Å²) in [6, 6.07) is 0.283. The van der Waals surface area contributed by atoms with Crippen LogP contribution in [0.4, 0.5) is 0 Å². The number of ether oxygens (including phenoxy) is 1. The van der Waals surface area contributed by atoms with Crippen LogP contribution in [0.25, 0.3) is 0 Å². The molecule has 0 aromatic rings. The first-order valence-corrected chi connectivity index (χ1v) is 10.7. The van der Waals surface area contributed by atoms with Crippen LogP contribution in [-0.4, -0.2) is 91.9 Å². The zero-order chi connectivity index (χ0) is 18.0. The summed E-state index contributed by atoms with van der Waals surface area (Å²) in [6.45, 7) is 7.23. The summed E-state index contributed by atoms with van der Waals surface area (Å²) >= 11 is 0. The van der Waals surface area contributed by atoms with E-state index in [2.05, 4.69) is 5.32 Å². The number of rotatable bonds is 4. The fourth-order valence-corrected chi connectivity index (χ4v) is 5.67. The molecule has 0 aromatic heterocycles. The molecule has 0 spiro atoms. The molecule has 0 saturated carbocycles. The van der Waals surface area contributed by atoms with Crippen molar-refractivity contribution in [2.24, 2.45) is 0 Å². The van der Waals surface area contributed by atoms with Crippen LogP contribution in [0.3, 0.4) is 0 Å². The topological polar surface area (TPSA) is 82.2 Å². The van der Waals surface area contributed by atoms with E-state index in [1.165, 1.54) is 8.61 Å². The van der Waals surface area contributed by atoms with E-state index in [4.69, 9.17) is 4.74 Å². The minimum absolute atomic E-state index is 0. The van der Waals surface area contributed by atoms with Crippen molar-refractivity contribution in [2.75, 3.05) is 45.8 Å². The number of amides is 1. The van der Waals surface area contributed by atoms with Crippen molar-refractivity contribution in [3.63, 3.8) is 0 Å². The maximum Gasteiger partial charge on any atom is 0.282 e. The van der Waals surface area contributed by atoms with Crippen molar-refractivity contribution >= 4 is 28.5 Å². The monoisotopic (exact) mass is 410 g/mol. The molecular formula is C16H31ClN4O4S. The van der Waals surface area contributed by atoms with Gasteiger partial charge in [-0.2, -0.15) is 17.0 Å². The minimum Gasteiger partial charge on any atom is -0.373 e. The van der Waals surface area contributed by atoms with Crippen LogP contribution in [0.15, 0.2) is 0 Å². The number of piperazine rings is 1. The Hall–Kier alpha value is -0.450. The Labute approximate surface area is 162 Å². The average Bonchev–Trinajstić information content (AvgIpc) is 3.07. The maximum atomic E-state index is 12.9. The Morgan fingerprint density at radius 1 is 1.08 bits per heavy atom. The molecule has 3 rings (SSSR count). The molecule has 3 aliphatic rings. The van der Waals surface area contributed by atoms with E-state index >= 15 is 0 Å². The first kappa shape index (κ1) is 21.8. The van der Waals surface area contributed by atoms with Gasteiger partial charge in [-0.05, 0) is 33.2 Å². The van der Waals surface area contributed by atoms with E-state index in [-0.39, 0.29) is 36.6 Å². The molecule has 1 amide bonds. The van der Waals surface area contributed by atoms with Gasteiger partial charge in [-0.3, -0.25) is 4.79 Å². The van der Waals surface area contributed by atoms with Crippen LogP contribution in [-0.2, 0) is 19.7 Å². The van der Waals surface area contributed by atoms with Crippen molar-refractivity contribution in [3.8, 4) is 0 Å². The average molecular weight is 411 g/mol. The molecule has 8 nitrogen and oxygen atoms in total. The summed E-state index contributed by atoms with van der Waals surface area (Å²) in [5.74, 6) is 0.130. The van der Waals surface area contributed by atoms with Crippen LogP contribution in [0.2, 0.25) is 0 Å². The van der Waals surface area contributed by atoms with Crippen LogP contribution >= 0.6 is 12.4 Å². The first-order chi connectivity index (χ1) is 11.9. The van der Waals surface area contributed by atoms with Crippen molar-refractivity contribution in [1.82, 2.24) is 18.8 Å². The van der Waals surface area contributed by atoms with Gasteiger partial charge in [0.25, 0.3) is 10.2 Å². The van der Waals surface area contributed by atoms with Gasteiger partial charge in [-0.15, -0.1) is 12.4 Å². The third kappa shape index (κ3) is 5.08. The molecule has 10 heteroatoms. The van der Waals surface area contributed by atoms with E-state index in [1.54, 1.807) is 4.90 Å². The van der Waals surface area contributed by atoms with Gasteiger partial charge >= 0.3 is 0 Å². The van der Waals surface area contributed by atoms with Gasteiger partial charge in [0.1, 0.15) is 0 Å². The summed E-state index contributed by atoms with van der Waals surface area (Å²) in [4.78, 5) is 14.2. The predicted octanol–water partition coefficient (Wildman–Crippen LogP) is 0.0485. The Kier molecular flexibility index (Phi) is 7.70. The fraction of sp³-hybridized carbons (Fsp3) is 0.938. The maximum absolute atomic E-state index is 12.9. The number of hydrogen-bond acceptors (Lipinski definition) is 5. The molecule has 3 heterocycles. The zero-order valence-electron chi connectivity index (χ0n) is 15.6. The molecule has 1 N–H and O–H groups in total. The van der Waals surface area contributed by atoms with Gasteiger partial charge in [0.05, 0.1) is 12.2 Å². The highest BCUT2D eigenvalue weighted by molar-refractivity contribution is 7.86. The molecule has 26 heavy (non-hydrogen) atoms. The largest absolute Gasteiger partial charge is 0.373 e. The van der Waals surface area contributed by atoms with Crippen molar-refractivity contribution < 1.29 is 17.9 Å². The van der Waals surface area contributed by atoms with E-state index in [9.17, 15) is 13.2 Å². The normalized spacial score (nSPS) is 31.6. The Morgan fingerprint density at radius 2 is 1.69 bits per heavy atom. The zero-order valence-corrected chi connectivity index (χ0v) is 17.2. The summed E-state index contributed by atoms with van der Waals surface area (Å²) in [5, 5.41) is 3.34. The second kappa shape index (κ2) is 9.16. The van der Waals surface area contributed by atoms with Gasteiger partial charge in [0.15, 0.2) is 0 Å². The van der Waals surface area contributed by atoms with E-state index in [0.717, 1.165) is 19.4 Å². The highest BCUT2D eigenvalue weighted by atomic mass is 35.5. The third-order valence-corrected chi connectivity index (χ3v) is 7.18. The van der Waals surface area contributed by atoms with Gasteiger partial charge in [-0.1, -0.05) is 0 Å².